The van der Waals surface area contributed by atoms with Crippen LogP contribution in [0.3, 0.4) is 0 Å². The van der Waals surface area contributed by atoms with Crippen molar-refractivity contribution in [2.75, 3.05) is 19.6 Å². The zero-order valence-corrected chi connectivity index (χ0v) is 13.5. The van der Waals surface area contributed by atoms with Crippen LogP contribution in [0.4, 0.5) is 0 Å². The Bertz CT molecular complexity index is 264. The van der Waals surface area contributed by atoms with E-state index in [-0.39, 0.29) is 0 Å². The van der Waals surface area contributed by atoms with Crippen LogP contribution in [-0.2, 0) is 0 Å². The summed E-state index contributed by atoms with van der Waals surface area (Å²) < 4.78 is 0. The molecule has 0 amide bonds. The molecule has 2 rings (SSSR count). The van der Waals surface area contributed by atoms with E-state index >= 15 is 0 Å². The smallest absolute Gasteiger partial charge is 0.0197 e. The van der Waals surface area contributed by atoms with Crippen molar-refractivity contribution in [1.29, 1.82) is 0 Å². The molecule has 0 aromatic carbocycles. The van der Waals surface area contributed by atoms with Gasteiger partial charge in [-0.1, -0.05) is 27.7 Å². The Morgan fingerprint density at radius 1 is 1.21 bits per heavy atom. The maximum absolute atomic E-state index is 3.76. The third-order valence-electron chi connectivity index (χ3n) is 5.12. The molecule has 1 aliphatic heterocycles. The minimum absolute atomic E-state index is 0.717. The van der Waals surface area contributed by atoms with Gasteiger partial charge in [0, 0.05) is 18.6 Å². The fourth-order valence-corrected chi connectivity index (χ4v) is 4.25. The molecule has 0 spiro atoms. The highest BCUT2D eigenvalue weighted by Crippen LogP contribution is 2.32. The van der Waals surface area contributed by atoms with Crippen LogP contribution in [0.15, 0.2) is 0 Å². The molecule has 2 heteroatoms. The molecule has 0 aromatic heterocycles. The second kappa shape index (κ2) is 7.08. The number of rotatable bonds is 3. The zero-order valence-electron chi connectivity index (χ0n) is 13.5. The maximum atomic E-state index is 3.76. The largest absolute Gasteiger partial charge is 0.313 e. The Morgan fingerprint density at radius 3 is 2.68 bits per heavy atom. The first-order valence-corrected chi connectivity index (χ1v) is 8.53. The summed E-state index contributed by atoms with van der Waals surface area (Å²) in [7, 11) is 0. The number of nitrogens with one attached hydrogen (secondary N) is 1. The Kier molecular flexibility index (Phi) is 5.70. The summed E-state index contributed by atoms with van der Waals surface area (Å²) in [5.41, 5.74) is 0. The van der Waals surface area contributed by atoms with Crippen LogP contribution < -0.4 is 5.32 Å². The van der Waals surface area contributed by atoms with Crippen molar-refractivity contribution in [2.45, 2.75) is 71.9 Å². The molecule has 2 aliphatic rings. The average Bonchev–Trinajstić information content (AvgIpc) is 2.53. The normalized spacial score (nSPS) is 38.4. The molecule has 2 fully saturated rings. The van der Waals surface area contributed by atoms with Gasteiger partial charge in [0.25, 0.3) is 0 Å². The summed E-state index contributed by atoms with van der Waals surface area (Å²) in [5.74, 6) is 2.64. The highest BCUT2D eigenvalue weighted by molar-refractivity contribution is 4.87. The van der Waals surface area contributed by atoms with Gasteiger partial charge in [-0.3, -0.25) is 4.90 Å². The monoisotopic (exact) mass is 266 g/mol. The van der Waals surface area contributed by atoms with Crippen molar-refractivity contribution in [1.82, 2.24) is 10.2 Å². The van der Waals surface area contributed by atoms with Gasteiger partial charge in [-0.2, -0.15) is 0 Å². The molecule has 0 bridgehead atoms. The van der Waals surface area contributed by atoms with Crippen LogP contribution in [0.5, 0.6) is 0 Å². The summed E-state index contributed by atoms with van der Waals surface area (Å²) in [6.07, 6.45) is 6.95. The molecule has 2 nitrogen and oxygen atoms in total. The number of hydrogen-bond donors (Lipinski definition) is 1. The van der Waals surface area contributed by atoms with Gasteiger partial charge >= 0.3 is 0 Å². The standard InChI is InChI=1S/C17H34N2/c1-13(2)10-16-12-19(9-5-8-18-16)17-7-6-14(3)11-15(17)4/h13-18H,5-12H2,1-4H3. The predicted molar refractivity (Wildman–Crippen MR) is 83.4 cm³/mol. The van der Waals surface area contributed by atoms with E-state index in [4.69, 9.17) is 0 Å². The van der Waals surface area contributed by atoms with Crippen molar-refractivity contribution in [2.24, 2.45) is 17.8 Å². The lowest BCUT2D eigenvalue weighted by Gasteiger charge is -2.41. The minimum atomic E-state index is 0.717. The van der Waals surface area contributed by atoms with Crippen LogP contribution in [0, 0.1) is 17.8 Å². The van der Waals surface area contributed by atoms with E-state index < -0.39 is 0 Å². The van der Waals surface area contributed by atoms with E-state index in [1.807, 2.05) is 0 Å². The van der Waals surface area contributed by atoms with Gasteiger partial charge in [0.05, 0.1) is 0 Å². The molecule has 19 heavy (non-hydrogen) atoms. The Balaban J connectivity index is 1.93. The van der Waals surface area contributed by atoms with Crippen LogP contribution in [0.1, 0.15) is 59.8 Å². The first-order chi connectivity index (χ1) is 9.06. The molecule has 4 atom stereocenters. The minimum Gasteiger partial charge on any atom is -0.313 e. The fourth-order valence-electron chi connectivity index (χ4n) is 4.25. The Hall–Kier alpha value is -0.0800. The van der Waals surface area contributed by atoms with Crippen molar-refractivity contribution >= 4 is 0 Å². The Labute approximate surface area is 120 Å². The lowest BCUT2D eigenvalue weighted by molar-refractivity contribution is 0.0897. The number of hydrogen-bond acceptors (Lipinski definition) is 2. The average molecular weight is 266 g/mol. The summed E-state index contributed by atoms with van der Waals surface area (Å²) in [6, 6.07) is 1.57. The molecule has 0 radical (unpaired) electrons. The van der Waals surface area contributed by atoms with Crippen LogP contribution in [0.2, 0.25) is 0 Å². The summed E-state index contributed by atoms with van der Waals surface area (Å²) in [6.45, 7) is 13.4. The van der Waals surface area contributed by atoms with Gasteiger partial charge in [-0.05, 0) is 62.9 Å². The highest BCUT2D eigenvalue weighted by atomic mass is 15.2. The van der Waals surface area contributed by atoms with Crippen LogP contribution in [0.25, 0.3) is 0 Å². The predicted octanol–water partition coefficient (Wildman–Crippen LogP) is 3.52. The SMILES string of the molecule is CC(C)CC1CN(C2CCC(C)CC2C)CCCN1. The topological polar surface area (TPSA) is 15.3 Å². The van der Waals surface area contributed by atoms with E-state index in [0.29, 0.717) is 6.04 Å². The molecular formula is C17H34N2. The van der Waals surface area contributed by atoms with Gasteiger partial charge in [0.2, 0.25) is 0 Å². The third-order valence-corrected chi connectivity index (χ3v) is 5.12. The molecule has 1 saturated carbocycles. The van der Waals surface area contributed by atoms with Crippen molar-refractivity contribution in [3.05, 3.63) is 0 Å². The van der Waals surface area contributed by atoms with E-state index in [1.54, 1.807) is 0 Å². The van der Waals surface area contributed by atoms with Gasteiger partial charge in [0.15, 0.2) is 0 Å². The molecule has 112 valence electrons. The lowest BCUT2D eigenvalue weighted by Crippen LogP contribution is -2.47. The van der Waals surface area contributed by atoms with Crippen LogP contribution >= 0.6 is 0 Å². The lowest BCUT2D eigenvalue weighted by atomic mass is 9.79. The molecule has 1 N–H and O–H groups in total. The number of nitrogens with zero attached hydrogens (tertiary/aromatic N) is 1. The van der Waals surface area contributed by atoms with Crippen molar-refractivity contribution in [3.8, 4) is 0 Å². The summed E-state index contributed by atoms with van der Waals surface area (Å²) >= 11 is 0. The van der Waals surface area contributed by atoms with Gasteiger partial charge in [0.1, 0.15) is 0 Å². The molecular weight excluding hydrogens is 232 g/mol. The molecule has 1 saturated heterocycles. The Morgan fingerprint density at radius 2 is 2.00 bits per heavy atom. The highest BCUT2D eigenvalue weighted by Gasteiger charge is 2.31. The molecule has 1 heterocycles. The quantitative estimate of drug-likeness (QED) is 0.841. The molecule has 4 unspecified atom stereocenters. The first kappa shape index (κ1) is 15.3. The van der Waals surface area contributed by atoms with E-state index in [1.165, 1.54) is 51.7 Å². The summed E-state index contributed by atoms with van der Waals surface area (Å²) in [4.78, 5) is 2.82. The second-order valence-electron chi connectivity index (χ2n) is 7.59. The van der Waals surface area contributed by atoms with E-state index in [9.17, 15) is 0 Å². The van der Waals surface area contributed by atoms with Gasteiger partial charge < -0.3 is 5.32 Å². The van der Waals surface area contributed by atoms with Crippen molar-refractivity contribution < 1.29 is 0 Å². The van der Waals surface area contributed by atoms with Gasteiger partial charge in [-0.15, -0.1) is 0 Å². The van der Waals surface area contributed by atoms with E-state index in [2.05, 4.69) is 37.9 Å². The second-order valence-corrected chi connectivity index (χ2v) is 7.59. The van der Waals surface area contributed by atoms with Crippen LogP contribution in [-0.4, -0.2) is 36.6 Å². The molecule has 0 aromatic rings. The third kappa shape index (κ3) is 4.46. The fraction of sp³-hybridized carbons (Fsp3) is 1.00. The summed E-state index contributed by atoms with van der Waals surface area (Å²) in [5, 5.41) is 3.76. The van der Waals surface area contributed by atoms with E-state index in [0.717, 1.165) is 23.8 Å². The maximum Gasteiger partial charge on any atom is 0.0197 e. The van der Waals surface area contributed by atoms with Crippen molar-refractivity contribution in [3.63, 3.8) is 0 Å². The molecule has 1 aliphatic carbocycles. The zero-order chi connectivity index (χ0) is 13.8. The van der Waals surface area contributed by atoms with Gasteiger partial charge in [-0.25, -0.2) is 0 Å². The first-order valence-electron chi connectivity index (χ1n) is 8.53.